The van der Waals surface area contributed by atoms with Gasteiger partial charge in [0.25, 0.3) is 0 Å². The van der Waals surface area contributed by atoms with E-state index >= 15 is 0 Å². The number of nitrogens with zero attached hydrogens (tertiary/aromatic N) is 2. The summed E-state index contributed by atoms with van der Waals surface area (Å²) in [5.74, 6) is 0. The maximum absolute atomic E-state index is 12.7. The van der Waals surface area contributed by atoms with Crippen LogP contribution in [0.25, 0.3) is 0 Å². The van der Waals surface area contributed by atoms with Crippen molar-refractivity contribution in [3.63, 3.8) is 0 Å². The number of rotatable bonds is 5. The second-order valence-corrected chi connectivity index (χ2v) is 7.17. The molecule has 108 valence electrons. The maximum Gasteiger partial charge on any atom is 0.243 e. The van der Waals surface area contributed by atoms with Crippen molar-refractivity contribution in [1.29, 1.82) is 5.26 Å². The standard InChI is InChI=1S/C13H16ClN3O2S/c1-9-12(16)7-10(14)8-13(9)20(18,19)17(6-2-5-15)11-3-4-11/h7-8,11H,2-4,6,16H2,1H3. The first kappa shape index (κ1) is 15.1. The summed E-state index contributed by atoms with van der Waals surface area (Å²) >= 11 is 5.92. The molecule has 1 aromatic rings. The molecule has 2 rings (SSSR count). The van der Waals surface area contributed by atoms with E-state index in [9.17, 15) is 8.42 Å². The zero-order valence-electron chi connectivity index (χ0n) is 11.1. The lowest BCUT2D eigenvalue weighted by atomic mass is 10.2. The molecule has 1 aliphatic carbocycles. The Kier molecular flexibility index (Phi) is 4.23. The molecule has 0 amide bonds. The molecule has 0 saturated heterocycles. The molecule has 0 bridgehead atoms. The third kappa shape index (κ3) is 2.90. The minimum absolute atomic E-state index is 0.00652. The molecule has 0 unspecified atom stereocenters. The molecular weight excluding hydrogens is 298 g/mol. The Hall–Kier alpha value is -1.29. The van der Waals surface area contributed by atoms with E-state index in [1.807, 2.05) is 6.07 Å². The number of sulfonamides is 1. The molecule has 20 heavy (non-hydrogen) atoms. The summed E-state index contributed by atoms with van der Waals surface area (Å²) in [6.45, 7) is 1.86. The molecule has 1 saturated carbocycles. The van der Waals surface area contributed by atoms with Gasteiger partial charge in [-0.15, -0.1) is 0 Å². The highest BCUT2D eigenvalue weighted by Gasteiger charge is 2.38. The molecule has 1 aromatic carbocycles. The molecule has 0 aromatic heterocycles. The Bertz CT molecular complexity index is 663. The number of nitriles is 1. The molecule has 1 aliphatic rings. The highest BCUT2D eigenvalue weighted by molar-refractivity contribution is 7.89. The molecule has 0 heterocycles. The van der Waals surface area contributed by atoms with Crippen molar-refractivity contribution in [2.24, 2.45) is 0 Å². The van der Waals surface area contributed by atoms with Gasteiger partial charge in [0.2, 0.25) is 10.0 Å². The topological polar surface area (TPSA) is 87.2 Å². The fourth-order valence-electron chi connectivity index (χ4n) is 2.09. The van der Waals surface area contributed by atoms with Crippen LogP contribution in [0.5, 0.6) is 0 Å². The van der Waals surface area contributed by atoms with E-state index < -0.39 is 10.0 Å². The molecule has 0 radical (unpaired) electrons. The predicted molar refractivity (Wildman–Crippen MR) is 77.7 cm³/mol. The van der Waals surface area contributed by atoms with E-state index in [4.69, 9.17) is 22.6 Å². The average Bonchev–Trinajstić information content (AvgIpc) is 3.18. The van der Waals surface area contributed by atoms with E-state index in [-0.39, 0.29) is 23.9 Å². The van der Waals surface area contributed by atoms with Crippen molar-refractivity contribution < 1.29 is 8.42 Å². The monoisotopic (exact) mass is 313 g/mol. The van der Waals surface area contributed by atoms with Gasteiger partial charge in [-0.1, -0.05) is 11.6 Å². The van der Waals surface area contributed by atoms with Crippen molar-refractivity contribution in [3.8, 4) is 6.07 Å². The zero-order valence-corrected chi connectivity index (χ0v) is 12.7. The molecule has 0 aliphatic heterocycles. The Labute approximate surface area is 124 Å². The number of hydrogen-bond donors (Lipinski definition) is 1. The highest BCUT2D eigenvalue weighted by Crippen LogP contribution is 2.35. The number of benzene rings is 1. The largest absolute Gasteiger partial charge is 0.398 e. The van der Waals surface area contributed by atoms with Gasteiger partial charge in [0.1, 0.15) is 0 Å². The molecular formula is C13H16ClN3O2S. The number of halogens is 1. The fraction of sp³-hybridized carbons (Fsp3) is 0.462. The summed E-state index contributed by atoms with van der Waals surface area (Å²) in [4.78, 5) is 0.132. The van der Waals surface area contributed by atoms with Gasteiger partial charge in [-0.3, -0.25) is 0 Å². The van der Waals surface area contributed by atoms with Crippen LogP contribution in [-0.4, -0.2) is 25.3 Å². The Morgan fingerprint density at radius 2 is 2.15 bits per heavy atom. The average molecular weight is 314 g/mol. The van der Waals surface area contributed by atoms with Crippen LogP contribution < -0.4 is 5.73 Å². The van der Waals surface area contributed by atoms with E-state index in [2.05, 4.69) is 0 Å². The van der Waals surface area contributed by atoms with Gasteiger partial charge >= 0.3 is 0 Å². The second kappa shape index (κ2) is 5.60. The van der Waals surface area contributed by atoms with Gasteiger partial charge in [-0.05, 0) is 37.5 Å². The Morgan fingerprint density at radius 1 is 1.50 bits per heavy atom. The lowest BCUT2D eigenvalue weighted by Crippen LogP contribution is -2.34. The number of hydrogen-bond acceptors (Lipinski definition) is 4. The van der Waals surface area contributed by atoms with Crippen LogP contribution in [0.2, 0.25) is 5.02 Å². The molecule has 1 fully saturated rings. The van der Waals surface area contributed by atoms with Crippen LogP contribution in [0.1, 0.15) is 24.8 Å². The normalized spacial score (nSPS) is 15.3. The summed E-state index contributed by atoms with van der Waals surface area (Å²) in [7, 11) is -3.67. The number of nitrogen functional groups attached to an aromatic ring is 1. The summed E-state index contributed by atoms with van der Waals surface area (Å²) in [6.07, 6.45) is 1.84. The van der Waals surface area contributed by atoms with Gasteiger partial charge in [0.05, 0.1) is 11.0 Å². The van der Waals surface area contributed by atoms with Crippen LogP contribution in [0.3, 0.4) is 0 Å². The van der Waals surface area contributed by atoms with E-state index in [1.54, 1.807) is 6.92 Å². The lowest BCUT2D eigenvalue weighted by Gasteiger charge is -2.22. The SMILES string of the molecule is Cc1c(N)cc(Cl)cc1S(=O)(=O)N(CCC#N)C1CC1. The van der Waals surface area contributed by atoms with E-state index in [0.717, 1.165) is 12.8 Å². The molecule has 7 heteroatoms. The summed E-state index contributed by atoms with van der Waals surface area (Å²) < 4.78 is 26.9. The van der Waals surface area contributed by atoms with Crippen LogP contribution in [-0.2, 0) is 10.0 Å². The van der Waals surface area contributed by atoms with Crippen molar-refractivity contribution in [1.82, 2.24) is 4.31 Å². The third-order valence-corrected chi connectivity index (χ3v) is 5.65. The number of anilines is 1. The summed E-state index contributed by atoms with van der Waals surface area (Å²) in [5.41, 5.74) is 6.64. The summed E-state index contributed by atoms with van der Waals surface area (Å²) in [6, 6.07) is 4.93. The first-order valence-electron chi connectivity index (χ1n) is 6.32. The van der Waals surface area contributed by atoms with Gasteiger partial charge in [0.15, 0.2) is 0 Å². The molecule has 0 spiro atoms. The first-order valence-corrected chi connectivity index (χ1v) is 8.14. The third-order valence-electron chi connectivity index (χ3n) is 3.35. The fourth-order valence-corrected chi connectivity index (χ4v) is 4.35. The minimum atomic E-state index is -3.67. The second-order valence-electron chi connectivity index (χ2n) is 4.87. The highest BCUT2D eigenvalue weighted by atomic mass is 35.5. The quantitative estimate of drug-likeness (QED) is 0.845. The van der Waals surface area contributed by atoms with Gasteiger partial charge in [-0.25, -0.2) is 8.42 Å². The maximum atomic E-state index is 12.7. The van der Waals surface area contributed by atoms with Gasteiger partial charge < -0.3 is 5.73 Å². The first-order chi connectivity index (χ1) is 9.37. The van der Waals surface area contributed by atoms with Crippen LogP contribution >= 0.6 is 11.6 Å². The molecule has 0 atom stereocenters. The van der Waals surface area contributed by atoms with Crippen LogP contribution in [0.15, 0.2) is 17.0 Å². The van der Waals surface area contributed by atoms with E-state index in [0.29, 0.717) is 16.3 Å². The minimum Gasteiger partial charge on any atom is -0.398 e. The zero-order chi connectivity index (χ0) is 14.9. The van der Waals surface area contributed by atoms with Gasteiger partial charge in [0, 0.05) is 29.7 Å². The molecule has 5 nitrogen and oxygen atoms in total. The predicted octanol–water partition coefficient (Wildman–Crippen LogP) is 2.30. The van der Waals surface area contributed by atoms with Crippen molar-refractivity contribution in [3.05, 3.63) is 22.7 Å². The smallest absolute Gasteiger partial charge is 0.243 e. The Balaban J connectivity index is 2.45. The van der Waals surface area contributed by atoms with Crippen molar-refractivity contribution in [2.75, 3.05) is 12.3 Å². The van der Waals surface area contributed by atoms with Crippen LogP contribution in [0, 0.1) is 18.3 Å². The van der Waals surface area contributed by atoms with Gasteiger partial charge in [-0.2, -0.15) is 9.57 Å². The molecule has 2 N–H and O–H groups in total. The van der Waals surface area contributed by atoms with Crippen molar-refractivity contribution in [2.45, 2.75) is 37.1 Å². The van der Waals surface area contributed by atoms with E-state index in [1.165, 1.54) is 16.4 Å². The van der Waals surface area contributed by atoms with Crippen molar-refractivity contribution >= 4 is 27.3 Å². The Morgan fingerprint density at radius 3 is 2.70 bits per heavy atom. The lowest BCUT2D eigenvalue weighted by molar-refractivity contribution is 0.410. The summed E-state index contributed by atoms with van der Waals surface area (Å²) in [5, 5.41) is 8.98. The number of nitrogens with two attached hydrogens (primary N) is 1. The van der Waals surface area contributed by atoms with Crippen LogP contribution in [0.4, 0.5) is 5.69 Å².